The molecule has 0 radical (unpaired) electrons. The van der Waals surface area contributed by atoms with E-state index in [4.69, 9.17) is 0 Å². The molecule has 0 spiro atoms. The Balaban J connectivity index is 1.66. The molecular weight excluding hydrogens is 300 g/mol. The van der Waals surface area contributed by atoms with Crippen LogP contribution < -0.4 is 0 Å². The van der Waals surface area contributed by atoms with Gasteiger partial charge in [-0.3, -0.25) is 5.10 Å². The van der Waals surface area contributed by atoms with Gasteiger partial charge in [0.15, 0.2) is 5.82 Å². The minimum Gasteiger partial charge on any atom is -0.507 e. The maximum absolute atomic E-state index is 9.89. The highest BCUT2D eigenvalue weighted by Gasteiger charge is 2.08. The number of hydrogen-bond acceptors (Lipinski definition) is 3. The first-order valence-corrected chi connectivity index (χ1v) is 7.65. The molecule has 0 saturated carbocycles. The average molecular weight is 316 g/mol. The van der Waals surface area contributed by atoms with Crippen molar-refractivity contribution >= 4 is 23.1 Å². The summed E-state index contributed by atoms with van der Waals surface area (Å²) in [7, 11) is 2.03. The van der Waals surface area contributed by atoms with Crippen LogP contribution in [0.1, 0.15) is 11.4 Å². The van der Waals surface area contributed by atoms with Crippen molar-refractivity contribution in [3.8, 4) is 17.1 Å². The van der Waals surface area contributed by atoms with E-state index in [2.05, 4.69) is 38.1 Å². The van der Waals surface area contributed by atoms with Crippen LogP contribution in [-0.2, 0) is 7.05 Å². The third kappa shape index (κ3) is 2.46. The Hall–Kier alpha value is -3.34. The molecule has 2 aromatic carbocycles. The van der Waals surface area contributed by atoms with E-state index in [-0.39, 0.29) is 5.75 Å². The lowest BCUT2D eigenvalue weighted by Crippen LogP contribution is -1.81. The number of nitrogens with one attached hydrogen (secondary N) is 1. The second-order valence-corrected chi connectivity index (χ2v) is 5.61. The van der Waals surface area contributed by atoms with Gasteiger partial charge in [0.1, 0.15) is 11.6 Å². The fraction of sp³-hybridized carbons (Fsp3) is 0.0526. The number of phenols is 1. The first-order chi connectivity index (χ1) is 11.7. The maximum Gasteiger partial charge on any atom is 0.185 e. The van der Waals surface area contributed by atoms with Crippen LogP contribution in [0.4, 0.5) is 0 Å². The van der Waals surface area contributed by atoms with Crippen LogP contribution in [0.5, 0.6) is 5.75 Å². The summed E-state index contributed by atoms with van der Waals surface area (Å²) >= 11 is 0. The number of aromatic amines is 1. The highest BCUT2D eigenvalue weighted by atomic mass is 16.3. The lowest BCUT2D eigenvalue weighted by molar-refractivity contribution is 0.477. The molecule has 0 unspecified atom stereocenters. The maximum atomic E-state index is 9.89. The van der Waals surface area contributed by atoms with Crippen LogP contribution in [-0.4, -0.2) is 24.9 Å². The predicted octanol–water partition coefficient (Wildman–Crippen LogP) is 3.84. The highest BCUT2D eigenvalue weighted by molar-refractivity contribution is 5.91. The summed E-state index contributed by atoms with van der Waals surface area (Å²) in [4.78, 5) is 4.42. The number of benzene rings is 2. The van der Waals surface area contributed by atoms with E-state index >= 15 is 0 Å². The number of H-pyrrole nitrogens is 1. The summed E-state index contributed by atoms with van der Waals surface area (Å²) in [6, 6.07) is 15.3. The molecule has 2 heterocycles. The Morgan fingerprint density at radius 2 is 1.83 bits per heavy atom. The number of phenolic OH excluding ortho intramolecular Hbond substituents is 1. The molecule has 5 nitrogen and oxygen atoms in total. The second kappa shape index (κ2) is 5.70. The standard InChI is InChI=1S/C19H16N4O/c1-23-12-13(14-6-2-4-8-16(14)23)10-11-18-20-19(22-21-18)15-7-3-5-9-17(15)24/h2-12,24H,1H3,(H,20,21,22)/b11-10+. The molecule has 4 rings (SSSR count). The van der Waals surface area contributed by atoms with Crippen molar-refractivity contribution in [3.63, 3.8) is 0 Å². The number of fused-ring (bicyclic) bond motifs is 1. The Morgan fingerprint density at radius 3 is 2.71 bits per heavy atom. The van der Waals surface area contributed by atoms with Crippen molar-refractivity contribution in [2.24, 2.45) is 7.05 Å². The van der Waals surface area contributed by atoms with Crippen molar-refractivity contribution < 1.29 is 5.11 Å². The van der Waals surface area contributed by atoms with Crippen molar-refractivity contribution in [2.45, 2.75) is 0 Å². The molecule has 2 N–H and O–H groups in total. The van der Waals surface area contributed by atoms with Crippen LogP contribution in [0.25, 0.3) is 34.4 Å². The first-order valence-electron chi connectivity index (χ1n) is 7.65. The molecule has 0 atom stereocenters. The summed E-state index contributed by atoms with van der Waals surface area (Å²) < 4.78 is 2.10. The monoisotopic (exact) mass is 316 g/mol. The van der Waals surface area contributed by atoms with E-state index in [1.165, 1.54) is 10.9 Å². The predicted molar refractivity (Wildman–Crippen MR) is 95.3 cm³/mol. The molecule has 2 aromatic heterocycles. The van der Waals surface area contributed by atoms with Gasteiger partial charge in [-0.05, 0) is 30.4 Å². The van der Waals surface area contributed by atoms with E-state index in [0.29, 0.717) is 17.2 Å². The number of aromatic hydroxyl groups is 1. The van der Waals surface area contributed by atoms with Gasteiger partial charge in [-0.2, -0.15) is 5.10 Å². The fourth-order valence-electron chi connectivity index (χ4n) is 2.81. The number of hydrogen-bond donors (Lipinski definition) is 2. The SMILES string of the molecule is Cn1cc(/C=C/c2nc(-c3ccccc3O)n[nH]2)c2ccccc21. The average Bonchev–Trinajstić information content (AvgIpc) is 3.19. The number of para-hydroxylation sites is 2. The lowest BCUT2D eigenvalue weighted by Gasteiger charge is -1.97. The molecule has 0 bridgehead atoms. The fourth-order valence-corrected chi connectivity index (χ4v) is 2.81. The minimum atomic E-state index is 0.168. The Bertz CT molecular complexity index is 1040. The van der Waals surface area contributed by atoms with Crippen molar-refractivity contribution in [2.75, 3.05) is 0 Å². The normalized spacial score (nSPS) is 11.5. The molecule has 0 saturated heterocycles. The second-order valence-electron chi connectivity index (χ2n) is 5.61. The summed E-state index contributed by atoms with van der Waals surface area (Å²) in [5.74, 6) is 1.29. The molecular formula is C19H16N4O. The number of aromatic nitrogens is 4. The molecule has 0 fully saturated rings. The van der Waals surface area contributed by atoms with Crippen LogP contribution in [0.15, 0.2) is 54.7 Å². The van der Waals surface area contributed by atoms with Gasteiger partial charge in [0.2, 0.25) is 0 Å². The van der Waals surface area contributed by atoms with Gasteiger partial charge >= 0.3 is 0 Å². The van der Waals surface area contributed by atoms with Gasteiger partial charge < -0.3 is 9.67 Å². The van der Waals surface area contributed by atoms with Crippen LogP contribution >= 0.6 is 0 Å². The molecule has 0 aliphatic heterocycles. The molecule has 0 amide bonds. The van der Waals surface area contributed by atoms with E-state index < -0.39 is 0 Å². The zero-order chi connectivity index (χ0) is 16.5. The summed E-state index contributed by atoms with van der Waals surface area (Å²) in [5, 5.41) is 18.1. The smallest absolute Gasteiger partial charge is 0.185 e. The molecule has 0 aliphatic rings. The summed E-state index contributed by atoms with van der Waals surface area (Å²) in [5.41, 5.74) is 2.91. The van der Waals surface area contributed by atoms with Crippen molar-refractivity contribution in [1.29, 1.82) is 0 Å². The van der Waals surface area contributed by atoms with E-state index in [1.807, 2.05) is 37.4 Å². The molecule has 118 valence electrons. The van der Waals surface area contributed by atoms with Crippen LogP contribution in [0.3, 0.4) is 0 Å². The topological polar surface area (TPSA) is 66.7 Å². The molecule has 4 aromatic rings. The summed E-state index contributed by atoms with van der Waals surface area (Å²) in [6.45, 7) is 0. The highest BCUT2D eigenvalue weighted by Crippen LogP contribution is 2.26. The largest absolute Gasteiger partial charge is 0.507 e. The molecule has 24 heavy (non-hydrogen) atoms. The van der Waals surface area contributed by atoms with Crippen LogP contribution in [0.2, 0.25) is 0 Å². The van der Waals surface area contributed by atoms with Gasteiger partial charge in [-0.1, -0.05) is 30.3 Å². The van der Waals surface area contributed by atoms with Crippen molar-refractivity contribution in [1.82, 2.24) is 19.7 Å². The van der Waals surface area contributed by atoms with Gasteiger partial charge in [0.25, 0.3) is 0 Å². The number of nitrogens with zero attached hydrogens (tertiary/aromatic N) is 3. The first kappa shape index (κ1) is 14.3. The van der Waals surface area contributed by atoms with Crippen LogP contribution in [0, 0.1) is 0 Å². The van der Waals surface area contributed by atoms with E-state index in [1.54, 1.807) is 18.2 Å². The number of rotatable bonds is 3. The van der Waals surface area contributed by atoms with Gasteiger partial charge in [0, 0.05) is 29.7 Å². The quantitative estimate of drug-likeness (QED) is 0.603. The minimum absolute atomic E-state index is 0.168. The van der Waals surface area contributed by atoms with Gasteiger partial charge in [0.05, 0.1) is 5.56 Å². The van der Waals surface area contributed by atoms with Gasteiger partial charge in [-0.15, -0.1) is 0 Å². The zero-order valence-electron chi connectivity index (χ0n) is 13.1. The van der Waals surface area contributed by atoms with E-state index in [9.17, 15) is 5.11 Å². The van der Waals surface area contributed by atoms with Gasteiger partial charge in [-0.25, -0.2) is 4.98 Å². The lowest BCUT2D eigenvalue weighted by atomic mass is 10.1. The third-order valence-electron chi connectivity index (χ3n) is 4.00. The Morgan fingerprint density at radius 1 is 1.04 bits per heavy atom. The van der Waals surface area contributed by atoms with Crippen molar-refractivity contribution in [3.05, 3.63) is 66.1 Å². The molecule has 5 heteroatoms. The Labute approximate surface area is 138 Å². The molecule has 0 aliphatic carbocycles. The Kier molecular flexibility index (Phi) is 3.39. The number of aryl methyl sites for hydroxylation is 1. The van der Waals surface area contributed by atoms with E-state index in [0.717, 1.165) is 5.56 Å². The zero-order valence-corrected chi connectivity index (χ0v) is 13.1. The third-order valence-corrected chi connectivity index (χ3v) is 4.00. The summed E-state index contributed by atoms with van der Waals surface area (Å²) in [6.07, 6.45) is 5.98.